The van der Waals surface area contributed by atoms with Crippen LogP contribution in [0.3, 0.4) is 0 Å². The zero-order chi connectivity index (χ0) is 14.4. The lowest BCUT2D eigenvalue weighted by atomic mass is 9.98. The number of nitrogens with zero attached hydrogens (tertiary/aromatic N) is 1. The van der Waals surface area contributed by atoms with Gasteiger partial charge in [-0.15, -0.1) is 0 Å². The standard InChI is InChI=1S/C17H21N3/c1-20(17(18)19)16(15-10-6-3-7-11-15)13-12-14-8-4-2-5-9-14/h2-11,16H,12-13H2,1H3,(H3,18,19). The van der Waals surface area contributed by atoms with Crippen LogP contribution in [-0.2, 0) is 6.42 Å². The summed E-state index contributed by atoms with van der Waals surface area (Å²) in [5.41, 5.74) is 8.16. The molecule has 0 spiro atoms. The van der Waals surface area contributed by atoms with Gasteiger partial charge in [0, 0.05) is 7.05 Å². The molecule has 3 nitrogen and oxygen atoms in total. The quantitative estimate of drug-likeness (QED) is 0.645. The van der Waals surface area contributed by atoms with Gasteiger partial charge >= 0.3 is 0 Å². The third-order valence-corrected chi connectivity index (χ3v) is 3.58. The summed E-state index contributed by atoms with van der Waals surface area (Å²) in [5.74, 6) is 0.104. The van der Waals surface area contributed by atoms with Gasteiger partial charge in [0.2, 0.25) is 0 Å². The van der Waals surface area contributed by atoms with Crippen molar-refractivity contribution >= 4 is 5.96 Å². The van der Waals surface area contributed by atoms with Gasteiger partial charge in [-0.1, -0.05) is 60.7 Å². The van der Waals surface area contributed by atoms with Crippen molar-refractivity contribution in [2.24, 2.45) is 5.73 Å². The van der Waals surface area contributed by atoms with Gasteiger partial charge in [0.25, 0.3) is 0 Å². The Morgan fingerprint density at radius 1 is 1.05 bits per heavy atom. The Bertz CT molecular complexity index is 537. The summed E-state index contributed by atoms with van der Waals surface area (Å²) >= 11 is 0. The van der Waals surface area contributed by atoms with Gasteiger partial charge in [0.05, 0.1) is 6.04 Å². The van der Waals surface area contributed by atoms with Gasteiger partial charge in [0.15, 0.2) is 5.96 Å². The Morgan fingerprint density at radius 2 is 1.60 bits per heavy atom. The first-order valence-electron chi connectivity index (χ1n) is 6.84. The third kappa shape index (κ3) is 3.60. The van der Waals surface area contributed by atoms with E-state index >= 15 is 0 Å². The van der Waals surface area contributed by atoms with E-state index in [0.29, 0.717) is 0 Å². The second kappa shape index (κ2) is 6.75. The van der Waals surface area contributed by atoms with Gasteiger partial charge in [0.1, 0.15) is 0 Å². The van der Waals surface area contributed by atoms with Crippen molar-refractivity contribution in [1.29, 1.82) is 5.41 Å². The Morgan fingerprint density at radius 3 is 2.15 bits per heavy atom. The van der Waals surface area contributed by atoms with Crippen LogP contribution in [0.5, 0.6) is 0 Å². The molecule has 0 radical (unpaired) electrons. The Hall–Kier alpha value is -2.29. The summed E-state index contributed by atoms with van der Waals surface area (Å²) in [6.45, 7) is 0. The lowest BCUT2D eigenvalue weighted by Gasteiger charge is -2.29. The molecule has 104 valence electrons. The van der Waals surface area contributed by atoms with Crippen molar-refractivity contribution in [2.45, 2.75) is 18.9 Å². The lowest BCUT2D eigenvalue weighted by Crippen LogP contribution is -2.36. The van der Waals surface area contributed by atoms with Crippen LogP contribution in [0.15, 0.2) is 60.7 Å². The largest absolute Gasteiger partial charge is 0.370 e. The molecular weight excluding hydrogens is 246 g/mol. The van der Waals surface area contributed by atoms with Crippen LogP contribution in [0.4, 0.5) is 0 Å². The molecule has 0 heterocycles. The highest BCUT2D eigenvalue weighted by Gasteiger charge is 2.17. The van der Waals surface area contributed by atoms with Gasteiger partial charge in [-0.2, -0.15) is 0 Å². The molecule has 0 saturated heterocycles. The Labute approximate surface area is 120 Å². The maximum atomic E-state index is 7.67. The van der Waals surface area contributed by atoms with E-state index in [2.05, 4.69) is 36.4 Å². The number of aryl methyl sites for hydroxylation is 1. The molecule has 20 heavy (non-hydrogen) atoms. The molecule has 0 aliphatic rings. The number of guanidine groups is 1. The van der Waals surface area contributed by atoms with Crippen LogP contribution in [0.1, 0.15) is 23.6 Å². The molecule has 0 aromatic heterocycles. The highest BCUT2D eigenvalue weighted by Crippen LogP contribution is 2.24. The fourth-order valence-electron chi connectivity index (χ4n) is 2.38. The smallest absolute Gasteiger partial charge is 0.188 e. The van der Waals surface area contributed by atoms with Crippen molar-refractivity contribution in [3.05, 3.63) is 71.8 Å². The monoisotopic (exact) mass is 267 g/mol. The summed E-state index contributed by atoms with van der Waals surface area (Å²) in [7, 11) is 1.88. The van der Waals surface area contributed by atoms with E-state index in [9.17, 15) is 0 Å². The fraction of sp³-hybridized carbons (Fsp3) is 0.235. The SMILES string of the molecule is CN(C(=N)N)C(CCc1ccccc1)c1ccccc1. The predicted octanol–water partition coefficient (Wildman–Crippen LogP) is 3.19. The molecule has 2 aromatic carbocycles. The molecule has 0 aliphatic heterocycles. The summed E-state index contributed by atoms with van der Waals surface area (Å²) in [6, 6.07) is 20.8. The minimum absolute atomic E-state index is 0.104. The molecule has 0 fully saturated rings. The van der Waals surface area contributed by atoms with Gasteiger partial charge < -0.3 is 10.6 Å². The number of rotatable bonds is 5. The van der Waals surface area contributed by atoms with E-state index in [1.54, 1.807) is 0 Å². The van der Waals surface area contributed by atoms with E-state index in [0.717, 1.165) is 12.8 Å². The molecule has 0 amide bonds. The maximum absolute atomic E-state index is 7.67. The number of nitrogens with two attached hydrogens (primary N) is 1. The molecule has 0 saturated carbocycles. The molecule has 1 unspecified atom stereocenters. The first kappa shape index (κ1) is 14.1. The van der Waals surface area contributed by atoms with Crippen molar-refractivity contribution in [2.75, 3.05) is 7.05 Å². The van der Waals surface area contributed by atoms with Crippen LogP contribution in [0.2, 0.25) is 0 Å². The van der Waals surface area contributed by atoms with Crippen molar-refractivity contribution in [3.63, 3.8) is 0 Å². The minimum Gasteiger partial charge on any atom is -0.370 e. The topological polar surface area (TPSA) is 53.1 Å². The summed E-state index contributed by atoms with van der Waals surface area (Å²) in [6.07, 6.45) is 1.90. The fourth-order valence-corrected chi connectivity index (χ4v) is 2.38. The van der Waals surface area contributed by atoms with Crippen LogP contribution < -0.4 is 5.73 Å². The average Bonchev–Trinajstić information content (AvgIpc) is 2.49. The molecule has 0 bridgehead atoms. The summed E-state index contributed by atoms with van der Waals surface area (Å²) in [5, 5.41) is 7.67. The van der Waals surface area contributed by atoms with E-state index in [4.69, 9.17) is 11.1 Å². The molecule has 2 aromatic rings. The number of hydrogen-bond acceptors (Lipinski definition) is 1. The highest BCUT2D eigenvalue weighted by atomic mass is 15.2. The Kier molecular flexibility index (Phi) is 4.77. The molecule has 1 atom stereocenters. The zero-order valence-electron chi connectivity index (χ0n) is 11.8. The van der Waals surface area contributed by atoms with E-state index in [1.807, 2.05) is 36.2 Å². The molecular formula is C17H21N3. The maximum Gasteiger partial charge on any atom is 0.188 e. The first-order valence-corrected chi connectivity index (χ1v) is 6.84. The Balaban J connectivity index is 2.13. The van der Waals surface area contributed by atoms with Crippen molar-refractivity contribution in [1.82, 2.24) is 4.90 Å². The van der Waals surface area contributed by atoms with Gasteiger partial charge in [-0.05, 0) is 24.0 Å². The van der Waals surface area contributed by atoms with E-state index in [-0.39, 0.29) is 12.0 Å². The average molecular weight is 267 g/mol. The second-order valence-corrected chi connectivity index (χ2v) is 4.95. The van der Waals surface area contributed by atoms with Crippen molar-refractivity contribution in [3.8, 4) is 0 Å². The first-order chi connectivity index (χ1) is 9.68. The molecule has 0 aliphatic carbocycles. The second-order valence-electron chi connectivity index (χ2n) is 4.95. The van der Waals surface area contributed by atoms with E-state index in [1.165, 1.54) is 11.1 Å². The number of nitrogens with one attached hydrogen (secondary N) is 1. The molecule has 2 rings (SSSR count). The number of benzene rings is 2. The van der Waals surface area contributed by atoms with Gasteiger partial charge in [-0.25, -0.2) is 0 Å². The summed E-state index contributed by atoms with van der Waals surface area (Å²) < 4.78 is 0. The zero-order valence-corrected chi connectivity index (χ0v) is 11.8. The van der Waals surface area contributed by atoms with Crippen LogP contribution in [0.25, 0.3) is 0 Å². The van der Waals surface area contributed by atoms with Crippen LogP contribution in [-0.4, -0.2) is 17.9 Å². The highest BCUT2D eigenvalue weighted by molar-refractivity contribution is 5.74. The van der Waals surface area contributed by atoms with E-state index < -0.39 is 0 Å². The predicted molar refractivity (Wildman–Crippen MR) is 83.6 cm³/mol. The molecule has 3 N–H and O–H groups in total. The minimum atomic E-state index is 0.104. The van der Waals surface area contributed by atoms with Crippen LogP contribution >= 0.6 is 0 Å². The summed E-state index contributed by atoms with van der Waals surface area (Å²) in [4.78, 5) is 1.83. The van der Waals surface area contributed by atoms with Crippen molar-refractivity contribution < 1.29 is 0 Å². The molecule has 3 heteroatoms. The normalized spacial score (nSPS) is 11.8. The number of hydrogen-bond donors (Lipinski definition) is 2. The van der Waals surface area contributed by atoms with Crippen LogP contribution in [0, 0.1) is 5.41 Å². The van der Waals surface area contributed by atoms with Gasteiger partial charge in [-0.3, -0.25) is 5.41 Å². The lowest BCUT2D eigenvalue weighted by molar-refractivity contribution is 0.348. The third-order valence-electron chi connectivity index (χ3n) is 3.58.